The summed E-state index contributed by atoms with van der Waals surface area (Å²) in [6.07, 6.45) is 65.2. The van der Waals surface area contributed by atoms with Crippen LogP contribution in [0, 0.1) is 0 Å². The third-order valence-electron chi connectivity index (χ3n) is 9.78. The van der Waals surface area contributed by atoms with Crippen LogP contribution in [0.4, 0.5) is 0 Å². The largest absolute Gasteiger partial charge is 0.462 e. The normalized spacial score (nSPS) is 13.0. The molecule has 0 aromatic heterocycles. The first-order chi connectivity index (χ1) is 30.0. The highest BCUT2D eigenvalue weighted by Crippen LogP contribution is 2.12. The van der Waals surface area contributed by atoms with Gasteiger partial charge in [-0.1, -0.05) is 188 Å². The Balaban J connectivity index is 4.57. The van der Waals surface area contributed by atoms with Crippen LogP contribution in [0.3, 0.4) is 0 Å². The molecule has 0 aliphatic rings. The molecule has 6 nitrogen and oxygen atoms in total. The van der Waals surface area contributed by atoms with Crippen LogP contribution >= 0.6 is 0 Å². The van der Waals surface area contributed by atoms with E-state index in [1.54, 1.807) is 6.08 Å². The monoisotopic (exact) mass is 845 g/mol. The lowest BCUT2D eigenvalue weighted by molar-refractivity contribution is -0.166. The molecule has 0 spiro atoms. The molecule has 0 amide bonds. The topological polar surface area (TPSA) is 78.9 Å². The van der Waals surface area contributed by atoms with Crippen molar-refractivity contribution in [1.82, 2.24) is 0 Å². The number of allylic oxidation sites excluding steroid dienone is 17. The molecule has 0 aromatic rings. The molecule has 0 N–H and O–H groups in total. The predicted molar refractivity (Wildman–Crippen MR) is 260 cm³/mol. The van der Waals surface area contributed by atoms with Crippen LogP contribution in [-0.4, -0.2) is 37.2 Å². The van der Waals surface area contributed by atoms with Crippen molar-refractivity contribution in [2.45, 2.75) is 207 Å². The number of ether oxygens (including phenoxy) is 3. The first-order valence-corrected chi connectivity index (χ1v) is 24.4. The average Bonchev–Trinajstić information content (AvgIpc) is 3.26. The summed E-state index contributed by atoms with van der Waals surface area (Å²) in [6, 6.07) is 0. The second kappa shape index (κ2) is 48.7. The Bertz CT molecular complexity index is 1290. The van der Waals surface area contributed by atoms with Gasteiger partial charge in [-0.15, -0.1) is 0 Å². The van der Waals surface area contributed by atoms with Gasteiger partial charge < -0.3 is 14.2 Å². The number of hydrogen-bond acceptors (Lipinski definition) is 6. The van der Waals surface area contributed by atoms with Crippen molar-refractivity contribution in [3.05, 3.63) is 109 Å². The number of esters is 3. The van der Waals surface area contributed by atoms with Gasteiger partial charge in [-0.2, -0.15) is 0 Å². The van der Waals surface area contributed by atoms with E-state index in [4.69, 9.17) is 14.2 Å². The van der Waals surface area contributed by atoms with E-state index < -0.39 is 12.1 Å². The van der Waals surface area contributed by atoms with Crippen molar-refractivity contribution in [2.24, 2.45) is 0 Å². The maximum Gasteiger partial charge on any atom is 0.309 e. The van der Waals surface area contributed by atoms with E-state index in [-0.39, 0.29) is 38.0 Å². The maximum absolute atomic E-state index is 12.8. The quantitative estimate of drug-likeness (QED) is 0.0264. The van der Waals surface area contributed by atoms with E-state index in [2.05, 4.69) is 118 Å². The molecule has 0 saturated carbocycles. The van der Waals surface area contributed by atoms with Crippen LogP contribution in [-0.2, 0) is 28.6 Å². The molecule has 1 atom stereocenters. The van der Waals surface area contributed by atoms with Gasteiger partial charge in [0.25, 0.3) is 0 Å². The molecule has 0 heterocycles. The second-order valence-corrected chi connectivity index (χ2v) is 15.6. The van der Waals surface area contributed by atoms with Gasteiger partial charge in [-0.05, 0) is 103 Å². The summed E-state index contributed by atoms with van der Waals surface area (Å²) in [5.41, 5.74) is 0. The first-order valence-electron chi connectivity index (χ1n) is 24.4. The van der Waals surface area contributed by atoms with Gasteiger partial charge in [0.2, 0.25) is 0 Å². The van der Waals surface area contributed by atoms with E-state index in [1.165, 1.54) is 38.5 Å². The standard InChI is InChI=1S/C55H88O6/c1-4-7-10-13-16-19-22-25-27-30-33-36-39-42-45-48-54(57)60-51-52(50-59-53(56)47-44-41-38-35-32-29-24-21-18-15-12-9-6-3)61-55(58)49-46-43-40-37-34-31-28-26-23-20-17-14-11-8-5-2/h7-8,10-11,16-17,19-21,24-28,33,36,42,45,52H,4-6,9,12-15,18,22-23,29-32,34-35,37-41,43-44,46-51H2,1-3H3/b10-7-,11-8-,19-16-,20-17-,24-21-,27-25-,28-26-,36-33-,45-42-. The highest BCUT2D eigenvalue weighted by atomic mass is 16.6. The Morgan fingerprint density at radius 1 is 0.361 bits per heavy atom. The number of unbranched alkanes of at least 4 members (excludes halogenated alkanes) is 14. The van der Waals surface area contributed by atoms with Crippen molar-refractivity contribution >= 4 is 17.9 Å². The molecule has 61 heavy (non-hydrogen) atoms. The number of hydrogen-bond donors (Lipinski definition) is 0. The van der Waals surface area contributed by atoms with Crippen molar-refractivity contribution in [2.75, 3.05) is 13.2 Å². The number of carbonyl (C=O) groups excluding carboxylic acids is 3. The van der Waals surface area contributed by atoms with Crippen LogP contribution in [0.15, 0.2) is 109 Å². The summed E-state index contributed by atoms with van der Waals surface area (Å²) in [5, 5.41) is 0. The minimum absolute atomic E-state index is 0.118. The third-order valence-corrected chi connectivity index (χ3v) is 9.78. The van der Waals surface area contributed by atoms with Crippen molar-refractivity contribution in [3.63, 3.8) is 0 Å². The molecular weight excluding hydrogens is 757 g/mol. The summed E-state index contributed by atoms with van der Waals surface area (Å²) in [6.45, 7) is 6.26. The molecule has 0 aromatic carbocycles. The summed E-state index contributed by atoms with van der Waals surface area (Å²) in [7, 11) is 0. The Hall–Kier alpha value is -3.93. The Kier molecular flexibility index (Phi) is 45.6. The van der Waals surface area contributed by atoms with Crippen LogP contribution in [0.25, 0.3) is 0 Å². The molecule has 0 rings (SSSR count). The fourth-order valence-electron chi connectivity index (χ4n) is 6.17. The molecular formula is C55H88O6. The molecule has 0 radical (unpaired) electrons. The zero-order valence-corrected chi connectivity index (χ0v) is 39.1. The Morgan fingerprint density at radius 2 is 0.705 bits per heavy atom. The minimum atomic E-state index is -0.831. The molecule has 0 aliphatic carbocycles. The first kappa shape index (κ1) is 57.1. The predicted octanol–water partition coefficient (Wildman–Crippen LogP) is 16.0. The SMILES string of the molecule is CC/C=C\C/C=C\C/C=C\C/C=C\C/C=C\CC(=O)OCC(COC(=O)CCCCCCC/C=C\CCCCCC)OC(=O)CCCCCCC/C=C\C/C=C\C/C=C\CC. The smallest absolute Gasteiger partial charge is 0.309 e. The van der Waals surface area contributed by atoms with Crippen LogP contribution in [0.2, 0.25) is 0 Å². The zero-order chi connectivity index (χ0) is 44.4. The average molecular weight is 845 g/mol. The lowest BCUT2D eigenvalue weighted by atomic mass is 10.1. The van der Waals surface area contributed by atoms with Crippen molar-refractivity contribution < 1.29 is 28.6 Å². The Morgan fingerprint density at radius 3 is 1.16 bits per heavy atom. The molecule has 0 bridgehead atoms. The van der Waals surface area contributed by atoms with Crippen molar-refractivity contribution in [1.29, 1.82) is 0 Å². The van der Waals surface area contributed by atoms with Gasteiger partial charge in [-0.3, -0.25) is 14.4 Å². The lowest BCUT2D eigenvalue weighted by Gasteiger charge is -2.18. The van der Waals surface area contributed by atoms with E-state index >= 15 is 0 Å². The minimum Gasteiger partial charge on any atom is -0.462 e. The fraction of sp³-hybridized carbons (Fsp3) is 0.618. The van der Waals surface area contributed by atoms with Crippen molar-refractivity contribution in [3.8, 4) is 0 Å². The fourth-order valence-corrected chi connectivity index (χ4v) is 6.17. The van der Waals surface area contributed by atoms with E-state index in [0.29, 0.717) is 6.42 Å². The molecule has 0 aliphatic heterocycles. The second-order valence-electron chi connectivity index (χ2n) is 15.6. The highest BCUT2D eigenvalue weighted by Gasteiger charge is 2.19. The molecule has 0 saturated heterocycles. The van der Waals surface area contributed by atoms with Gasteiger partial charge in [0.15, 0.2) is 6.10 Å². The van der Waals surface area contributed by atoms with Crippen LogP contribution < -0.4 is 0 Å². The van der Waals surface area contributed by atoms with E-state index in [1.807, 2.05) is 6.08 Å². The summed E-state index contributed by atoms with van der Waals surface area (Å²) >= 11 is 0. The summed E-state index contributed by atoms with van der Waals surface area (Å²) in [4.78, 5) is 37.8. The van der Waals surface area contributed by atoms with Gasteiger partial charge in [-0.25, -0.2) is 0 Å². The van der Waals surface area contributed by atoms with Gasteiger partial charge in [0, 0.05) is 12.8 Å². The number of rotatable bonds is 42. The zero-order valence-electron chi connectivity index (χ0n) is 39.1. The van der Waals surface area contributed by atoms with Crippen LogP contribution in [0.5, 0.6) is 0 Å². The van der Waals surface area contributed by atoms with Crippen LogP contribution in [0.1, 0.15) is 201 Å². The lowest BCUT2D eigenvalue weighted by Crippen LogP contribution is -2.30. The number of carbonyl (C=O) groups is 3. The molecule has 344 valence electrons. The van der Waals surface area contributed by atoms with Gasteiger partial charge in [0.05, 0.1) is 6.42 Å². The molecule has 6 heteroatoms. The highest BCUT2D eigenvalue weighted by molar-refractivity contribution is 5.72. The maximum atomic E-state index is 12.8. The van der Waals surface area contributed by atoms with E-state index in [9.17, 15) is 14.4 Å². The summed E-state index contributed by atoms with van der Waals surface area (Å²) < 4.78 is 16.6. The third kappa shape index (κ3) is 47.0. The van der Waals surface area contributed by atoms with E-state index in [0.717, 1.165) is 122 Å². The summed E-state index contributed by atoms with van der Waals surface area (Å²) in [5.74, 6) is -1.09. The Labute approximate surface area is 374 Å². The molecule has 1 unspecified atom stereocenters. The van der Waals surface area contributed by atoms with Gasteiger partial charge >= 0.3 is 17.9 Å². The van der Waals surface area contributed by atoms with Gasteiger partial charge in [0.1, 0.15) is 13.2 Å². The molecule has 0 fully saturated rings.